The average Bonchev–Trinajstić information content (AvgIpc) is 2.77. The third-order valence-corrected chi connectivity index (χ3v) is 4.28. The molecule has 5 heteroatoms. The molecule has 1 heterocycles. The summed E-state index contributed by atoms with van der Waals surface area (Å²) in [5.41, 5.74) is -0.838. The fourth-order valence-corrected chi connectivity index (χ4v) is 2.61. The monoisotopic (exact) mass is 257 g/mol. The van der Waals surface area contributed by atoms with Crippen molar-refractivity contribution in [2.24, 2.45) is 0 Å². The minimum Gasteiger partial charge on any atom is -0.480 e. The van der Waals surface area contributed by atoms with Crippen LogP contribution < -0.4 is 5.32 Å². The van der Waals surface area contributed by atoms with E-state index in [4.69, 9.17) is 0 Å². The minimum atomic E-state index is -0.838. The largest absolute Gasteiger partial charge is 0.480 e. The number of carboxylic acids is 1. The molecule has 0 aromatic heterocycles. The summed E-state index contributed by atoms with van der Waals surface area (Å²) in [6, 6.07) is 0.876. The number of likely N-dealkylation sites (N-methyl/N-ethyl adjacent to an activating group) is 2. The van der Waals surface area contributed by atoms with Crippen LogP contribution in [-0.2, 0) is 4.79 Å². The summed E-state index contributed by atoms with van der Waals surface area (Å²) in [5.74, 6) is -0.778. The summed E-state index contributed by atoms with van der Waals surface area (Å²) in [7, 11) is 5.93. The molecule has 1 saturated heterocycles. The lowest BCUT2D eigenvalue weighted by molar-refractivity contribution is -0.144. The molecule has 1 fully saturated rings. The zero-order chi connectivity index (χ0) is 13.9. The van der Waals surface area contributed by atoms with Crippen LogP contribution in [0.2, 0.25) is 0 Å². The third kappa shape index (κ3) is 3.43. The van der Waals surface area contributed by atoms with Crippen LogP contribution in [0, 0.1) is 0 Å². The van der Waals surface area contributed by atoms with Gasteiger partial charge in [0.25, 0.3) is 0 Å². The summed E-state index contributed by atoms with van der Waals surface area (Å²) >= 11 is 0. The second kappa shape index (κ2) is 5.99. The number of carboxylic acid groups (broad SMARTS) is 1. The molecule has 5 nitrogen and oxygen atoms in total. The lowest BCUT2D eigenvalue weighted by Crippen LogP contribution is -2.52. The van der Waals surface area contributed by atoms with Crippen LogP contribution in [0.4, 0.5) is 0 Å². The number of hydrogen-bond donors (Lipinski definition) is 2. The molecule has 0 amide bonds. The second-order valence-electron chi connectivity index (χ2n) is 5.84. The van der Waals surface area contributed by atoms with Crippen LogP contribution in [0.25, 0.3) is 0 Å². The number of hydrogen-bond acceptors (Lipinski definition) is 4. The molecule has 0 aliphatic carbocycles. The molecule has 0 spiro atoms. The SMILES string of the molecule is CNC(C)(CC(C)N1CCC(N(C)C)C1)C(=O)O. The molecule has 0 saturated carbocycles. The first-order chi connectivity index (χ1) is 8.30. The molecule has 0 aromatic rings. The highest BCUT2D eigenvalue weighted by atomic mass is 16.4. The lowest BCUT2D eigenvalue weighted by Gasteiger charge is -2.32. The Labute approximate surface area is 110 Å². The van der Waals surface area contributed by atoms with Crippen molar-refractivity contribution in [2.45, 2.75) is 44.3 Å². The first-order valence-corrected chi connectivity index (χ1v) is 6.63. The van der Waals surface area contributed by atoms with Gasteiger partial charge in [0.15, 0.2) is 0 Å². The van der Waals surface area contributed by atoms with Gasteiger partial charge >= 0.3 is 5.97 Å². The maximum absolute atomic E-state index is 11.3. The highest BCUT2D eigenvalue weighted by Crippen LogP contribution is 2.22. The van der Waals surface area contributed by atoms with Crippen molar-refractivity contribution in [1.82, 2.24) is 15.1 Å². The van der Waals surface area contributed by atoms with Crippen LogP contribution in [0.1, 0.15) is 26.7 Å². The summed E-state index contributed by atoms with van der Waals surface area (Å²) in [6.45, 7) is 5.97. The van der Waals surface area contributed by atoms with E-state index in [1.165, 1.54) is 6.42 Å². The average molecular weight is 257 g/mol. The molecule has 1 aliphatic heterocycles. The maximum atomic E-state index is 11.3. The maximum Gasteiger partial charge on any atom is 0.323 e. The van der Waals surface area contributed by atoms with Gasteiger partial charge in [-0.15, -0.1) is 0 Å². The highest BCUT2D eigenvalue weighted by molar-refractivity contribution is 5.78. The van der Waals surface area contributed by atoms with Crippen molar-refractivity contribution < 1.29 is 9.90 Å². The van der Waals surface area contributed by atoms with Gasteiger partial charge in [-0.2, -0.15) is 0 Å². The molecule has 3 unspecified atom stereocenters. The van der Waals surface area contributed by atoms with E-state index in [-0.39, 0.29) is 6.04 Å². The van der Waals surface area contributed by atoms with Crippen LogP contribution in [0.5, 0.6) is 0 Å². The van der Waals surface area contributed by atoms with E-state index < -0.39 is 11.5 Å². The van der Waals surface area contributed by atoms with Crippen molar-refractivity contribution in [3.8, 4) is 0 Å². The predicted octanol–water partition coefficient (Wildman–Crippen LogP) is 0.464. The summed E-state index contributed by atoms with van der Waals surface area (Å²) < 4.78 is 0. The Hall–Kier alpha value is -0.650. The van der Waals surface area contributed by atoms with Crippen molar-refractivity contribution in [3.05, 3.63) is 0 Å². The Morgan fingerprint density at radius 1 is 1.61 bits per heavy atom. The Bertz CT molecular complexity index is 296. The molecule has 0 radical (unpaired) electrons. The normalized spacial score (nSPS) is 26.2. The quantitative estimate of drug-likeness (QED) is 0.724. The standard InChI is InChI=1S/C13H27N3O2/c1-10(8-13(2,14-3)12(17)18)16-7-6-11(9-16)15(4)5/h10-11,14H,6-9H2,1-5H3,(H,17,18). The van der Waals surface area contributed by atoms with E-state index >= 15 is 0 Å². The van der Waals surface area contributed by atoms with Gasteiger partial charge in [0.05, 0.1) is 0 Å². The number of nitrogens with one attached hydrogen (secondary N) is 1. The lowest BCUT2D eigenvalue weighted by atomic mass is 9.93. The van der Waals surface area contributed by atoms with Crippen LogP contribution in [0.3, 0.4) is 0 Å². The van der Waals surface area contributed by atoms with Crippen LogP contribution in [0.15, 0.2) is 0 Å². The van der Waals surface area contributed by atoms with E-state index in [2.05, 4.69) is 36.1 Å². The Balaban J connectivity index is 2.56. The summed E-state index contributed by atoms with van der Waals surface area (Å²) in [6.07, 6.45) is 1.79. The van der Waals surface area contributed by atoms with Gasteiger partial charge in [0.2, 0.25) is 0 Å². The molecule has 18 heavy (non-hydrogen) atoms. The van der Waals surface area contributed by atoms with E-state index in [1.54, 1.807) is 14.0 Å². The fraction of sp³-hybridized carbons (Fsp3) is 0.923. The Kier molecular flexibility index (Phi) is 5.13. The summed E-state index contributed by atoms with van der Waals surface area (Å²) in [4.78, 5) is 15.9. The molecule has 1 rings (SSSR count). The summed E-state index contributed by atoms with van der Waals surface area (Å²) in [5, 5.41) is 12.2. The van der Waals surface area contributed by atoms with Crippen molar-refractivity contribution in [3.63, 3.8) is 0 Å². The number of nitrogens with zero attached hydrogens (tertiary/aromatic N) is 2. The zero-order valence-corrected chi connectivity index (χ0v) is 12.2. The molecular weight excluding hydrogens is 230 g/mol. The van der Waals surface area contributed by atoms with E-state index in [0.29, 0.717) is 12.5 Å². The minimum absolute atomic E-state index is 0.281. The zero-order valence-electron chi connectivity index (χ0n) is 12.2. The van der Waals surface area contributed by atoms with Gasteiger partial charge in [-0.1, -0.05) is 0 Å². The molecule has 0 aromatic carbocycles. The van der Waals surface area contributed by atoms with Gasteiger partial charge in [0, 0.05) is 25.2 Å². The third-order valence-electron chi connectivity index (χ3n) is 4.28. The topological polar surface area (TPSA) is 55.8 Å². The fourth-order valence-electron chi connectivity index (χ4n) is 2.61. The van der Waals surface area contributed by atoms with E-state index in [0.717, 1.165) is 13.1 Å². The van der Waals surface area contributed by atoms with E-state index in [9.17, 15) is 9.90 Å². The van der Waals surface area contributed by atoms with Gasteiger partial charge in [-0.05, 0) is 47.8 Å². The second-order valence-corrected chi connectivity index (χ2v) is 5.84. The predicted molar refractivity (Wildman–Crippen MR) is 72.8 cm³/mol. The van der Waals surface area contributed by atoms with Crippen LogP contribution in [-0.4, -0.2) is 72.7 Å². The van der Waals surface area contributed by atoms with Gasteiger partial charge in [-0.3, -0.25) is 9.69 Å². The van der Waals surface area contributed by atoms with Gasteiger partial charge < -0.3 is 15.3 Å². The number of likely N-dealkylation sites (tertiary alicyclic amines) is 1. The van der Waals surface area contributed by atoms with E-state index in [1.807, 2.05) is 0 Å². The smallest absolute Gasteiger partial charge is 0.323 e. The Morgan fingerprint density at radius 3 is 2.61 bits per heavy atom. The highest BCUT2D eigenvalue weighted by Gasteiger charge is 2.36. The first kappa shape index (κ1) is 15.4. The molecule has 2 N–H and O–H groups in total. The molecule has 1 aliphatic rings. The molecule has 3 atom stereocenters. The van der Waals surface area contributed by atoms with Crippen molar-refractivity contribution in [2.75, 3.05) is 34.2 Å². The Morgan fingerprint density at radius 2 is 2.22 bits per heavy atom. The van der Waals surface area contributed by atoms with Gasteiger partial charge in [0.1, 0.15) is 5.54 Å². The molecule has 106 valence electrons. The van der Waals surface area contributed by atoms with Crippen molar-refractivity contribution >= 4 is 5.97 Å². The van der Waals surface area contributed by atoms with Gasteiger partial charge in [-0.25, -0.2) is 0 Å². The first-order valence-electron chi connectivity index (χ1n) is 6.63. The number of aliphatic carboxylic acids is 1. The molecule has 0 bridgehead atoms. The van der Waals surface area contributed by atoms with Crippen LogP contribution >= 0.6 is 0 Å². The number of rotatable bonds is 6. The number of carbonyl (C=O) groups is 1. The van der Waals surface area contributed by atoms with Crippen molar-refractivity contribution in [1.29, 1.82) is 0 Å². The molecular formula is C13H27N3O2.